The van der Waals surface area contributed by atoms with Gasteiger partial charge in [-0.3, -0.25) is 4.79 Å². The van der Waals surface area contributed by atoms with E-state index in [1.54, 1.807) is 20.8 Å². The Morgan fingerprint density at radius 1 is 0.802 bits per heavy atom. The van der Waals surface area contributed by atoms with Crippen LogP contribution in [0.2, 0.25) is 0 Å². The number of thiol groups is 2. The van der Waals surface area contributed by atoms with Crippen LogP contribution in [0.5, 0.6) is 0 Å². The Labute approximate surface area is 513 Å². The largest absolute Gasteiger partial charge is 0.479 e. The summed E-state index contributed by atoms with van der Waals surface area (Å²) in [6, 6.07) is 0. The smallest absolute Gasteiger partial charge is 0.347 e. The van der Waals surface area contributed by atoms with Crippen LogP contribution in [0, 0.1) is 51.8 Å². The van der Waals surface area contributed by atoms with E-state index in [1.807, 2.05) is 13.8 Å². The first kappa shape index (κ1) is 71.0. The zero-order valence-electron chi connectivity index (χ0n) is 51.0. The minimum atomic E-state index is -2.05. The molecular weight excluding hydrogens is 1170 g/mol. The highest BCUT2D eigenvalue weighted by atomic mass is 32.1. The molecule has 4 saturated carbocycles. The lowest BCUT2D eigenvalue weighted by Gasteiger charge is -2.70. The number of allylic oxidation sites excluding steroid dienone is 2. The Bertz CT molecular complexity index is 2460. The number of rotatable bonds is 22. The Balaban J connectivity index is 1.24. The van der Waals surface area contributed by atoms with Crippen molar-refractivity contribution >= 4 is 48.9 Å². The average molecular weight is 1270 g/mol. The van der Waals surface area contributed by atoms with Gasteiger partial charge in [-0.25, -0.2) is 14.4 Å². The van der Waals surface area contributed by atoms with Crippen LogP contribution < -0.4 is 0 Å². The fraction of sp³-hybridized carbons (Fsp3) is 0.867. The molecule has 0 aromatic heterocycles. The van der Waals surface area contributed by atoms with Gasteiger partial charge in [0.25, 0.3) is 0 Å². The van der Waals surface area contributed by atoms with Gasteiger partial charge >= 0.3 is 17.9 Å². The molecule has 0 bridgehead atoms. The predicted octanol–water partition coefficient (Wildman–Crippen LogP) is 0.899. The van der Waals surface area contributed by atoms with E-state index in [4.69, 9.17) is 63.2 Å². The van der Waals surface area contributed by atoms with Crippen molar-refractivity contribution in [2.24, 2.45) is 51.8 Å². The van der Waals surface area contributed by atoms with Gasteiger partial charge in [0, 0.05) is 44.7 Å². The van der Waals surface area contributed by atoms with Crippen LogP contribution in [0.1, 0.15) is 128 Å². The van der Waals surface area contributed by atoms with E-state index in [0.717, 1.165) is 5.57 Å². The molecule has 6 fully saturated rings. The maximum Gasteiger partial charge on any atom is 0.347 e. The van der Waals surface area contributed by atoms with Crippen molar-refractivity contribution in [2.45, 2.75) is 254 Å². The number of carbonyl (C=O) groups is 4. The van der Waals surface area contributed by atoms with Gasteiger partial charge in [-0.2, -0.15) is 25.3 Å². The van der Waals surface area contributed by atoms with Crippen LogP contribution in [0.25, 0.3) is 0 Å². The molecule has 20 unspecified atom stereocenters. The lowest BCUT2D eigenvalue weighted by molar-refractivity contribution is -0.367. The number of Topliss-reactive ketones (excluding diaryl/α,β-unsaturated/α-hetero) is 1. The van der Waals surface area contributed by atoms with E-state index in [1.165, 1.54) is 33.8 Å². The monoisotopic (exact) mass is 1260 g/mol. The molecule has 26 heteroatoms. The number of ether oxygens (including phenoxy) is 8. The topological polar surface area (TPSA) is 385 Å². The summed E-state index contributed by atoms with van der Waals surface area (Å²) in [7, 11) is 0. The van der Waals surface area contributed by atoms with E-state index in [9.17, 15) is 80.5 Å². The predicted molar refractivity (Wildman–Crippen MR) is 310 cm³/mol. The number of carboxylic acids is 1. The number of aliphatic hydroxyl groups excluding tert-OH is 11. The van der Waals surface area contributed by atoms with Crippen LogP contribution >= 0.6 is 25.3 Å². The van der Waals surface area contributed by atoms with Crippen molar-refractivity contribution in [3.63, 3.8) is 0 Å². The maximum atomic E-state index is 14.2. The van der Waals surface area contributed by atoms with E-state index in [0.29, 0.717) is 32.1 Å². The second-order valence-corrected chi connectivity index (χ2v) is 28.6. The molecule has 0 amide bonds. The van der Waals surface area contributed by atoms with Gasteiger partial charge in [-0.1, -0.05) is 45.4 Å². The molecule has 30 atom stereocenters. The zero-order valence-corrected chi connectivity index (χ0v) is 52.8. The Kier molecular flexibility index (Phi) is 22.6. The third-order valence-corrected chi connectivity index (χ3v) is 22.3. The number of esters is 2. The number of carboxylic acid groups (broad SMARTS) is 1. The van der Waals surface area contributed by atoms with Crippen molar-refractivity contribution in [2.75, 3.05) is 19.8 Å². The zero-order chi connectivity index (χ0) is 64.2. The molecule has 0 radical (unpaired) electrons. The number of aliphatic carboxylic acids is 1. The summed E-state index contributed by atoms with van der Waals surface area (Å²) in [5.74, 6) is -6.73. The summed E-state index contributed by atoms with van der Waals surface area (Å²) >= 11 is 10.6. The van der Waals surface area contributed by atoms with Gasteiger partial charge in [0.2, 0.25) is 0 Å². The summed E-state index contributed by atoms with van der Waals surface area (Å²) in [6.45, 7) is 16.4. The van der Waals surface area contributed by atoms with E-state index in [2.05, 4.69) is 19.9 Å². The number of hydrogen-bond donors (Lipinski definition) is 14. The van der Waals surface area contributed by atoms with Crippen LogP contribution in [0.15, 0.2) is 23.3 Å². The van der Waals surface area contributed by atoms with Gasteiger partial charge < -0.3 is 99.2 Å². The summed E-state index contributed by atoms with van der Waals surface area (Å²) < 4.78 is 46.1. The number of aliphatic hydroxyl groups is 11. The molecule has 24 nitrogen and oxygen atoms in total. The Hall–Kier alpha value is -2.42. The minimum absolute atomic E-state index is 0.139. The molecule has 86 heavy (non-hydrogen) atoms. The Morgan fingerprint density at radius 3 is 2.02 bits per heavy atom. The second kappa shape index (κ2) is 27.4. The molecule has 0 aromatic rings. The first-order chi connectivity index (χ1) is 40.0. The quantitative estimate of drug-likeness (QED) is 0.0235. The number of fused-ring (bicyclic) bond motifs is 7. The van der Waals surface area contributed by atoms with Crippen LogP contribution in [-0.4, -0.2) is 231 Å². The normalized spacial score (nSPS) is 45.0. The second-order valence-electron chi connectivity index (χ2n) is 26.6. The van der Waals surface area contributed by atoms with Gasteiger partial charge in [0.1, 0.15) is 66.8 Å². The summed E-state index contributed by atoms with van der Waals surface area (Å²) in [5.41, 5.74) is -1.91. The highest BCUT2D eigenvalue weighted by molar-refractivity contribution is 7.82. The van der Waals surface area contributed by atoms with E-state index >= 15 is 0 Å². The van der Waals surface area contributed by atoms with E-state index < -0.39 is 204 Å². The first-order valence-corrected chi connectivity index (χ1v) is 31.1. The molecule has 2 aliphatic heterocycles. The van der Waals surface area contributed by atoms with Crippen LogP contribution in [0.4, 0.5) is 0 Å². The Morgan fingerprint density at radius 2 is 1.43 bits per heavy atom. The molecule has 0 spiro atoms. The molecule has 5 aliphatic carbocycles. The van der Waals surface area contributed by atoms with Crippen LogP contribution in [-0.2, 0) is 57.1 Å². The highest BCUT2D eigenvalue weighted by Crippen LogP contribution is 2.72. The van der Waals surface area contributed by atoms with Crippen LogP contribution in [0.3, 0.4) is 0 Å². The molecule has 492 valence electrons. The third-order valence-electron chi connectivity index (χ3n) is 21.3. The van der Waals surface area contributed by atoms with Crippen molar-refractivity contribution in [3.05, 3.63) is 23.3 Å². The maximum absolute atomic E-state index is 14.2. The van der Waals surface area contributed by atoms with Crippen molar-refractivity contribution in [3.8, 4) is 0 Å². The first-order valence-electron chi connectivity index (χ1n) is 30.2. The van der Waals surface area contributed by atoms with Gasteiger partial charge in [0.15, 0.2) is 31.1 Å². The van der Waals surface area contributed by atoms with Gasteiger partial charge in [0.05, 0.1) is 44.2 Å². The molecule has 7 aliphatic rings. The van der Waals surface area contributed by atoms with Crippen molar-refractivity contribution in [1.82, 2.24) is 0 Å². The average Bonchev–Trinajstić information content (AvgIpc) is 1.38. The third kappa shape index (κ3) is 13.0. The molecule has 0 aromatic carbocycles. The summed E-state index contributed by atoms with van der Waals surface area (Å²) in [5, 5.41) is 134. The van der Waals surface area contributed by atoms with E-state index in [-0.39, 0.29) is 42.5 Å². The fourth-order valence-corrected chi connectivity index (χ4v) is 17.0. The molecule has 2 heterocycles. The van der Waals surface area contributed by atoms with Gasteiger partial charge in [-0.15, -0.1) is 0 Å². The highest BCUT2D eigenvalue weighted by Gasteiger charge is 2.72. The minimum Gasteiger partial charge on any atom is -0.479 e. The SMILES string of the molecule is C/C=C(/C)C(=O)OC(C)C(=O)O[C@H]1[C@H](CC(=O)C(C)CC)[C@@]2(CO)C(C[C@]1(C)S)C1=CCC3[C@@](C)(CCC4[C@]3(C)CC[C@H](OC(OC(C)C(=O)O)C(OC3OC(CO)C(O)C(O)C3O)C(OC3OCC(O)C(O)C3O)C(C)O)[C@@]4(C)S)C1[C@@H](O)[C@H]2O. The van der Waals surface area contributed by atoms with Crippen molar-refractivity contribution < 1.29 is 118 Å². The summed E-state index contributed by atoms with van der Waals surface area (Å²) in [4.78, 5) is 53.6. The number of carbonyl (C=O) groups excluding carboxylic acids is 3. The fourth-order valence-electron chi connectivity index (χ4n) is 16.0. The standard InChI is InChI=1S/C60H96O24S2/c1-12-25(3)33(64)20-31-49(84-52(76)29(7)78-51(75)26(4)13-2)58(10,85)21-32-30-14-15-36-56(8)19-17-38(59(11,86)37(56)16-18-57(36,9)39(30)42(68)48(72)60(31,32)24-62)81-55(79-28(6)50(73)74)47(83-54-45(71)43(69)41(67)35(22-61)80-54)46(27(5)63)82-53-44(70)40(66)34(65)23-77-53/h13-14,25,27-29,31-32,34-49,53-55,61-63,65-72,85-86H,12,15-24H2,1-11H3,(H,73,74)/b26-13-/t25?,27?,28?,29?,31-,32?,34?,35?,36?,37?,38-,39?,40?,41?,42+,43?,44?,45?,46?,47?,48+,49-,53?,54?,55?,56+,57+,58-,59-,60-/m0/s1. The molecule has 2 saturated heterocycles. The number of ketones is 1. The van der Waals surface area contributed by atoms with Crippen molar-refractivity contribution in [1.29, 1.82) is 0 Å². The lowest BCUT2D eigenvalue weighted by atomic mass is 9.37. The molecule has 7 rings (SSSR count). The molecule has 12 N–H and O–H groups in total. The van der Waals surface area contributed by atoms with Gasteiger partial charge in [-0.05, 0) is 122 Å². The number of hydrogen-bond acceptors (Lipinski definition) is 25. The molecular formula is C60H96O24S2. The summed E-state index contributed by atoms with van der Waals surface area (Å²) in [6.07, 6.45) is -26.0. The lowest BCUT2D eigenvalue weighted by Crippen LogP contribution is -2.73.